The molecule has 2 heterocycles. The molecular weight excluding hydrogens is 353 g/mol. The molecule has 0 radical (unpaired) electrons. The summed E-state index contributed by atoms with van der Waals surface area (Å²) in [6.45, 7) is 1.38. The predicted molar refractivity (Wildman–Crippen MR) is 97.3 cm³/mol. The molecule has 4 rings (SSSR count). The van der Waals surface area contributed by atoms with E-state index < -0.39 is 11.7 Å². The average molecular weight is 374 g/mol. The van der Waals surface area contributed by atoms with Crippen LogP contribution in [0.1, 0.15) is 35.2 Å². The highest BCUT2D eigenvalue weighted by molar-refractivity contribution is 6.01. The van der Waals surface area contributed by atoms with Crippen LogP contribution in [0.4, 0.5) is 13.2 Å². The minimum atomic E-state index is -4.37. The van der Waals surface area contributed by atoms with Crippen LogP contribution in [0.25, 0.3) is 11.1 Å². The molecule has 2 saturated heterocycles. The van der Waals surface area contributed by atoms with E-state index >= 15 is 0 Å². The van der Waals surface area contributed by atoms with Crippen LogP contribution in [-0.2, 0) is 6.18 Å². The molecule has 2 aromatic rings. The minimum absolute atomic E-state index is 0.0557. The fourth-order valence-electron chi connectivity index (χ4n) is 4.06. The van der Waals surface area contributed by atoms with Crippen molar-refractivity contribution >= 4 is 5.91 Å². The van der Waals surface area contributed by atoms with Crippen LogP contribution in [-0.4, -0.2) is 36.0 Å². The first-order chi connectivity index (χ1) is 12.9. The van der Waals surface area contributed by atoms with Crippen molar-refractivity contribution in [2.24, 2.45) is 0 Å². The van der Waals surface area contributed by atoms with Crippen molar-refractivity contribution in [3.05, 3.63) is 59.7 Å². The Morgan fingerprint density at radius 3 is 2.41 bits per heavy atom. The number of halogens is 3. The number of hydrogen-bond donors (Lipinski definition) is 1. The van der Waals surface area contributed by atoms with E-state index in [0.29, 0.717) is 41.9 Å². The van der Waals surface area contributed by atoms with Crippen LogP contribution >= 0.6 is 0 Å². The van der Waals surface area contributed by atoms with Gasteiger partial charge in [-0.25, -0.2) is 0 Å². The summed E-state index contributed by atoms with van der Waals surface area (Å²) in [6, 6.07) is 12.9. The van der Waals surface area contributed by atoms with E-state index in [9.17, 15) is 18.0 Å². The van der Waals surface area contributed by atoms with Crippen LogP contribution in [0.3, 0.4) is 0 Å². The molecule has 1 amide bonds. The van der Waals surface area contributed by atoms with Crippen molar-refractivity contribution in [3.8, 4) is 11.1 Å². The van der Waals surface area contributed by atoms with Gasteiger partial charge in [-0.3, -0.25) is 4.79 Å². The Bertz CT molecular complexity index is 832. The molecular formula is C21H21F3N2O. The molecule has 2 aliphatic heterocycles. The van der Waals surface area contributed by atoms with Crippen molar-refractivity contribution in [2.45, 2.75) is 37.5 Å². The maximum absolute atomic E-state index is 13.2. The molecule has 2 aliphatic rings. The summed E-state index contributed by atoms with van der Waals surface area (Å²) >= 11 is 0. The Labute approximate surface area is 156 Å². The molecule has 2 aromatic carbocycles. The van der Waals surface area contributed by atoms with Gasteiger partial charge in [0.2, 0.25) is 0 Å². The number of nitrogens with zero attached hydrogens (tertiary/aromatic N) is 1. The number of nitrogens with one attached hydrogen (secondary N) is 1. The molecule has 2 unspecified atom stereocenters. The zero-order valence-corrected chi connectivity index (χ0v) is 14.8. The van der Waals surface area contributed by atoms with E-state index in [1.165, 1.54) is 12.1 Å². The molecule has 0 saturated carbocycles. The summed E-state index contributed by atoms with van der Waals surface area (Å²) in [4.78, 5) is 15.0. The van der Waals surface area contributed by atoms with E-state index in [2.05, 4.69) is 5.32 Å². The number of carbonyl (C=O) groups is 1. The van der Waals surface area contributed by atoms with Gasteiger partial charge in [-0.05, 0) is 48.6 Å². The normalized spacial score (nSPS) is 22.6. The minimum Gasteiger partial charge on any atom is -0.337 e. The number of alkyl halides is 3. The highest BCUT2D eigenvalue weighted by atomic mass is 19.4. The summed E-state index contributed by atoms with van der Waals surface area (Å²) < 4.78 is 38.5. The molecule has 142 valence electrons. The lowest BCUT2D eigenvalue weighted by atomic mass is 9.97. The number of benzene rings is 2. The Morgan fingerprint density at radius 2 is 1.67 bits per heavy atom. The van der Waals surface area contributed by atoms with E-state index in [0.717, 1.165) is 31.4 Å². The fourth-order valence-corrected chi connectivity index (χ4v) is 4.06. The van der Waals surface area contributed by atoms with E-state index in [1.54, 1.807) is 24.3 Å². The molecule has 0 spiro atoms. The monoisotopic (exact) mass is 374 g/mol. The Morgan fingerprint density at radius 1 is 0.963 bits per heavy atom. The van der Waals surface area contributed by atoms with Crippen LogP contribution in [0.2, 0.25) is 0 Å². The maximum Gasteiger partial charge on any atom is 0.416 e. The van der Waals surface area contributed by atoms with Gasteiger partial charge in [0.25, 0.3) is 5.91 Å². The lowest BCUT2D eigenvalue weighted by Gasteiger charge is -2.25. The summed E-state index contributed by atoms with van der Waals surface area (Å²) in [6.07, 6.45) is -1.19. The van der Waals surface area contributed by atoms with E-state index in [4.69, 9.17) is 0 Å². The van der Waals surface area contributed by atoms with Gasteiger partial charge in [-0.1, -0.05) is 30.3 Å². The number of rotatable bonds is 2. The van der Waals surface area contributed by atoms with Crippen LogP contribution in [0, 0.1) is 0 Å². The van der Waals surface area contributed by atoms with Crippen LogP contribution in [0.5, 0.6) is 0 Å². The van der Waals surface area contributed by atoms with Crippen molar-refractivity contribution in [1.82, 2.24) is 10.2 Å². The third-order valence-electron chi connectivity index (χ3n) is 5.49. The van der Waals surface area contributed by atoms with Gasteiger partial charge in [-0.15, -0.1) is 0 Å². The lowest BCUT2D eigenvalue weighted by molar-refractivity contribution is -0.137. The van der Waals surface area contributed by atoms with Gasteiger partial charge in [-0.2, -0.15) is 13.2 Å². The number of fused-ring (bicyclic) bond motifs is 2. The first-order valence-electron chi connectivity index (χ1n) is 9.24. The molecule has 2 atom stereocenters. The zero-order chi connectivity index (χ0) is 19.0. The van der Waals surface area contributed by atoms with Gasteiger partial charge in [0, 0.05) is 30.7 Å². The summed E-state index contributed by atoms with van der Waals surface area (Å²) in [5, 5.41) is 3.56. The van der Waals surface area contributed by atoms with Crippen molar-refractivity contribution in [2.75, 3.05) is 13.1 Å². The smallest absolute Gasteiger partial charge is 0.337 e. The van der Waals surface area contributed by atoms with Gasteiger partial charge in [0.05, 0.1) is 5.56 Å². The van der Waals surface area contributed by atoms with Crippen molar-refractivity contribution < 1.29 is 18.0 Å². The van der Waals surface area contributed by atoms with Gasteiger partial charge in [0.15, 0.2) is 0 Å². The molecule has 1 N–H and O–H groups in total. The highest BCUT2D eigenvalue weighted by Gasteiger charge is 2.32. The van der Waals surface area contributed by atoms with Crippen LogP contribution in [0.15, 0.2) is 48.5 Å². The first-order valence-corrected chi connectivity index (χ1v) is 9.24. The molecule has 3 nitrogen and oxygen atoms in total. The van der Waals surface area contributed by atoms with Gasteiger partial charge in [0.1, 0.15) is 0 Å². The Kier molecular flexibility index (Phi) is 4.68. The van der Waals surface area contributed by atoms with Gasteiger partial charge < -0.3 is 10.2 Å². The summed E-state index contributed by atoms with van der Waals surface area (Å²) in [5.41, 5.74) is 1.12. The van der Waals surface area contributed by atoms with E-state index in [1.807, 2.05) is 4.90 Å². The second kappa shape index (κ2) is 7.00. The summed E-state index contributed by atoms with van der Waals surface area (Å²) in [7, 11) is 0. The second-order valence-corrected chi connectivity index (χ2v) is 7.30. The molecule has 2 fully saturated rings. The molecule has 0 aromatic heterocycles. The summed E-state index contributed by atoms with van der Waals surface area (Å²) in [5.74, 6) is -0.0557. The number of hydrogen-bond acceptors (Lipinski definition) is 2. The fraction of sp³-hybridized carbons (Fsp3) is 0.381. The molecule has 27 heavy (non-hydrogen) atoms. The first kappa shape index (κ1) is 18.0. The third-order valence-corrected chi connectivity index (χ3v) is 5.49. The lowest BCUT2D eigenvalue weighted by Crippen LogP contribution is -2.39. The standard InChI is InChI=1S/C21H21F3N2O/c22-21(23,24)15-7-5-14(6-8-15)18-3-1-2-4-19(18)20(27)26-12-11-16-9-10-17(13-26)25-16/h1-8,16-17,25H,9-13H2. The molecule has 6 heteroatoms. The largest absolute Gasteiger partial charge is 0.416 e. The molecule has 0 aliphatic carbocycles. The Hall–Kier alpha value is -2.34. The quantitative estimate of drug-likeness (QED) is 0.848. The van der Waals surface area contributed by atoms with Crippen molar-refractivity contribution in [1.29, 1.82) is 0 Å². The highest BCUT2D eigenvalue weighted by Crippen LogP contribution is 2.32. The SMILES string of the molecule is O=C(c1ccccc1-c1ccc(C(F)(F)F)cc1)N1CCC2CCC(C1)N2. The second-order valence-electron chi connectivity index (χ2n) is 7.30. The Balaban J connectivity index is 1.62. The maximum atomic E-state index is 13.2. The number of carbonyl (C=O) groups excluding carboxylic acids is 1. The predicted octanol–water partition coefficient (Wildman–Crippen LogP) is 4.34. The molecule has 2 bridgehead atoms. The number of amides is 1. The van der Waals surface area contributed by atoms with E-state index in [-0.39, 0.29) is 5.91 Å². The van der Waals surface area contributed by atoms with Gasteiger partial charge >= 0.3 is 6.18 Å². The number of likely N-dealkylation sites (tertiary alicyclic amines) is 1. The van der Waals surface area contributed by atoms with Crippen molar-refractivity contribution in [3.63, 3.8) is 0 Å². The van der Waals surface area contributed by atoms with Crippen LogP contribution < -0.4 is 5.32 Å². The zero-order valence-electron chi connectivity index (χ0n) is 14.8. The topological polar surface area (TPSA) is 32.3 Å². The average Bonchev–Trinajstić information content (AvgIpc) is 2.99. The third kappa shape index (κ3) is 3.72.